The highest BCUT2D eigenvalue weighted by Gasteiger charge is 2.35. The molecule has 2 N–H and O–H groups in total. The molecular formula is C13H13ClF3NO4. The van der Waals surface area contributed by atoms with Crippen LogP contribution < -0.4 is 5.32 Å². The number of hydrogen-bond acceptors (Lipinski definition) is 3. The SMILES string of the molecule is CC(C)(C)OC(=O)Nc1cc(Cl)c(C(F)(F)F)cc1C(=O)O. The van der Waals surface area contributed by atoms with Gasteiger partial charge in [-0.1, -0.05) is 11.6 Å². The summed E-state index contributed by atoms with van der Waals surface area (Å²) < 4.78 is 43.1. The summed E-state index contributed by atoms with van der Waals surface area (Å²) in [6.07, 6.45) is -5.82. The van der Waals surface area contributed by atoms with Gasteiger partial charge >= 0.3 is 18.2 Å². The zero-order valence-electron chi connectivity index (χ0n) is 11.8. The van der Waals surface area contributed by atoms with Crippen molar-refractivity contribution < 1.29 is 32.6 Å². The Bertz CT molecular complexity index is 609. The summed E-state index contributed by atoms with van der Waals surface area (Å²) in [7, 11) is 0. The summed E-state index contributed by atoms with van der Waals surface area (Å²) >= 11 is 5.50. The maximum absolute atomic E-state index is 12.7. The van der Waals surface area contributed by atoms with Crippen LogP contribution in [0.15, 0.2) is 12.1 Å². The van der Waals surface area contributed by atoms with Crippen molar-refractivity contribution >= 4 is 29.4 Å². The van der Waals surface area contributed by atoms with Gasteiger partial charge in [-0.2, -0.15) is 13.2 Å². The molecule has 0 aromatic heterocycles. The molecule has 1 rings (SSSR count). The van der Waals surface area contributed by atoms with Crippen molar-refractivity contribution in [2.45, 2.75) is 32.5 Å². The van der Waals surface area contributed by atoms with E-state index in [-0.39, 0.29) is 5.69 Å². The van der Waals surface area contributed by atoms with E-state index in [0.717, 1.165) is 6.07 Å². The molecular weight excluding hydrogens is 327 g/mol. The minimum Gasteiger partial charge on any atom is -0.478 e. The molecule has 0 unspecified atom stereocenters. The van der Waals surface area contributed by atoms with Crippen LogP contribution in [-0.4, -0.2) is 22.8 Å². The Morgan fingerprint density at radius 1 is 1.23 bits per heavy atom. The van der Waals surface area contributed by atoms with E-state index in [1.165, 1.54) is 0 Å². The van der Waals surface area contributed by atoms with Crippen molar-refractivity contribution in [2.75, 3.05) is 5.32 Å². The summed E-state index contributed by atoms with van der Waals surface area (Å²) in [5, 5.41) is 10.3. The first kappa shape index (κ1) is 18.1. The normalized spacial score (nSPS) is 12.0. The standard InChI is InChI=1S/C13H13ClF3NO4/c1-12(2,3)22-11(21)18-9-5-8(14)7(13(15,16)17)4-6(9)10(19)20/h4-5H,1-3H3,(H,18,21)(H,19,20). The van der Waals surface area contributed by atoms with E-state index in [9.17, 15) is 22.8 Å². The molecule has 0 aliphatic heterocycles. The number of rotatable bonds is 2. The first-order valence-electron chi connectivity index (χ1n) is 5.95. The van der Waals surface area contributed by atoms with E-state index in [2.05, 4.69) is 5.32 Å². The minimum atomic E-state index is -4.81. The van der Waals surface area contributed by atoms with Crippen molar-refractivity contribution in [3.8, 4) is 0 Å². The number of benzene rings is 1. The third-order valence-electron chi connectivity index (χ3n) is 2.28. The number of ether oxygens (including phenoxy) is 1. The van der Waals surface area contributed by atoms with E-state index >= 15 is 0 Å². The molecule has 1 aromatic rings. The van der Waals surface area contributed by atoms with Crippen molar-refractivity contribution in [2.24, 2.45) is 0 Å². The zero-order chi connectivity index (χ0) is 17.3. The van der Waals surface area contributed by atoms with Gasteiger partial charge in [0.1, 0.15) is 5.60 Å². The molecule has 1 amide bonds. The Kier molecular flexibility index (Phi) is 4.96. The molecule has 0 heterocycles. The van der Waals surface area contributed by atoms with Gasteiger partial charge in [-0.25, -0.2) is 9.59 Å². The summed E-state index contributed by atoms with van der Waals surface area (Å²) in [5.74, 6) is -1.65. The molecule has 0 aliphatic rings. The molecule has 22 heavy (non-hydrogen) atoms. The predicted molar refractivity (Wildman–Crippen MR) is 73.3 cm³/mol. The zero-order valence-corrected chi connectivity index (χ0v) is 12.6. The Hall–Kier alpha value is -1.96. The van der Waals surface area contributed by atoms with Crippen LogP contribution in [0.5, 0.6) is 0 Å². The number of aromatic carboxylic acids is 1. The molecule has 9 heteroatoms. The van der Waals surface area contributed by atoms with Crippen molar-refractivity contribution in [1.29, 1.82) is 0 Å². The van der Waals surface area contributed by atoms with Gasteiger partial charge in [0.25, 0.3) is 0 Å². The number of nitrogens with one attached hydrogen (secondary N) is 1. The molecule has 0 aliphatic carbocycles. The monoisotopic (exact) mass is 339 g/mol. The number of carboxylic acid groups (broad SMARTS) is 1. The maximum Gasteiger partial charge on any atom is 0.417 e. The number of halogens is 4. The van der Waals surface area contributed by atoms with Gasteiger partial charge in [0.15, 0.2) is 0 Å². The topological polar surface area (TPSA) is 75.6 Å². The first-order valence-corrected chi connectivity index (χ1v) is 6.33. The van der Waals surface area contributed by atoms with Crippen LogP contribution in [0.1, 0.15) is 36.7 Å². The van der Waals surface area contributed by atoms with Crippen molar-refractivity contribution in [1.82, 2.24) is 0 Å². The van der Waals surface area contributed by atoms with Crippen LogP contribution in [0.4, 0.5) is 23.7 Å². The third kappa shape index (κ3) is 4.80. The lowest BCUT2D eigenvalue weighted by Crippen LogP contribution is -2.28. The van der Waals surface area contributed by atoms with Gasteiger partial charge in [-0.15, -0.1) is 0 Å². The van der Waals surface area contributed by atoms with Gasteiger partial charge < -0.3 is 9.84 Å². The summed E-state index contributed by atoms with van der Waals surface area (Å²) in [6.45, 7) is 4.72. The van der Waals surface area contributed by atoms with Crippen LogP contribution >= 0.6 is 11.6 Å². The Morgan fingerprint density at radius 2 is 1.77 bits per heavy atom. The highest BCUT2D eigenvalue weighted by atomic mass is 35.5. The molecule has 0 spiro atoms. The number of carbonyl (C=O) groups is 2. The van der Waals surface area contributed by atoms with Gasteiger partial charge in [-0.05, 0) is 32.9 Å². The third-order valence-corrected chi connectivity index (χ3v) is 2.59. The fraction of sp³-hybridized carbons (Fsp3) is 0.385. The molecule has 122 valence electrons. The van der Waals surface area contributed by atoms with Crippen LogP contribution in [0.25, 0.3) is 0 Å². The Balaban J connectivity index is 3.23. The van der Waals surface area contributed by atoms with Gasteiger partial charge in [-0.3, -0.25) is 5.32 Å². The second kappa shape index (κ2) is 6.04. The van der Waals surface area contributed by atoms with Gasteiger partial charge in [0.05, 0.1) is 21.8 Å². The predicted octanol–water partition coefficient (Wildman–Crippen LogP) is 4.40. The summed E-state index contributed by atoms with van der Waals surface area (Å²) in [4.78, 5) is 22.7. The molecule has 0 bridgehead atoms. The van der Waals surface area contributed by atoms with Gasteiger partial charge in [0.2, 0.25) is 0 Å². The first-order chi connectivity index (χ1) is 9.81. The van der Waals surface area contributed by atoms with Crippen LogP contribution in [0, 0.1) is 0 Å². The lowest BCUT2D eigenvalue weighted by molar-refractivity contribution is -0.137. The number of amides is 1. The number of alkyl halides is 3. The lowest BCUT2D eigenvalue weighted by Gasteiger charge is -2.20. The van der Waals surface area contributed by atoms with Gasteiger partial charge in [0, 0.05) is 0 Å². The quantitative estimate of drug-likeness (QED) is 0.837. The minimum absolute atomic E-state index is 0.359. The summed E-state index contributed by atoms with van der Waals surface area (Å²) in [5.41, 5.74) is -3.30. The van der Waals surface area contributed by atoms with Crippen LogP contribution in [0.3, 0.4) is 0 Å². The molecule has 0 saturated carbocycles. The summed E-state index contributed by atoms with van der Waals surface area (Å²) in [6, 6.07) is 1.08. The van der Waals surface area contributed by atoms with Crippen LogP contribution in [0.2, 0.25) is 5.02 Å². The number of carboxylic acids is 1. The van der Waals surface area contributed by atoms with Crippen molar-refractivity contribution in [3.63, 3.8) is 0 Å². The van der Waals surface area contributed by atoms with E-state index in [0.29, 0.717) is 6.07 Å². The fourth-order valence-electron chi connectivity index (χ4n) is 1.48. The largest absolute Gasteiger partial charge is 0.478 e. The number of carbonyl (C=O) groups excluding carboxylic acids is 1. The average molecular weight is 340 g/mol. The second-order valence-corrected chi connectivity index (χ2v) is 5.71. The van der Waals surface area contributed by atoms with E-state index in [1.807, 2.05) is 0 Å². The molecule has 0 saturated heterocycles. The Morgan fingerprint density at radius 3 is 2.18 bits per heavy atom. The van der Waals surface area contributed by atoms with E-state index < -0.39 is 40.0 Å². The highest BCUT2D eigenvalue weighted by molar-refractivity contribution is 6.32. The van der Waals surface area contributed by atoms with Crippen LogP contribution in [-0.2, 0) is 10.9 Å². The molecule has 1 aromatic carbocycles. The molecule has 0 radical (unpaired) electrons. The van der Waals surface area contributed by atoms with E-state index in [1.54, 1.807) is 20.8 Å². The lowest BCUT2D eigenvalue weighted by atomic mass is 10.1. The van der Waals surface area contributed by atoms with Crippen molar-refractivity contribution in [3.05, 3.63) is 28.3 Å². The number of hydrogen-bond donors (Lipinski definition) is 2. The fourth-order valence-corrected chi connectivity index (χ4v) is 1.76. The highest BCUT2D eigenvalue weighted by Crippen LogP contribution is 2.37. The molecule has 0 atom stereocenters. The average Bonchev–Trinajstić information content (AvgIpc) is 2.23. The Labute approximate surface area is 129 Å². The molecule has 5 nitrogen and oxygen atoms in total. The molecule has 0 fully saturated rings. The maximum atomic E-state index is 12.7. The second-order valence-electron chi connectivity index (χ2n) is 5.31. The van der Waals surface area contributed by atoms with E-state index in [4.69, 9.17) is 21.4 Å². The number of anilines is 1. The smallest absolute Gasteiger partial charge is 0.417 e.